The van der Waals surface area contributed by atoms with E-state index in [1.165, 1.54) is 21.9 Å². The smallest absolute Gasteiger partial charge is 0.275 e. The maximum absolute atomic E-state index is 12.0. The molecule has 1 aliphatic heterocycles. The summed E-state index contributed by atoms with van der Waals surface area (Å²) in [5, 5.41) is 5.37. The van der Waals surface area contributed by atoms with Crippen LogP contribution in [0.2, 0.25) is 0 Å². The fraction of sp³-hybridized carbons (Fsp3) is 0.450. The van der Waals surface area contributed by atoms with Gasteiger partial charge in [-0.2, -0.15) is 9.61 Å². The van der Waals surface area contributed by atoms with Crippen molar-refractivity contribution in [2.24, 2.45) is 0 Å². The number of nitrogens with zero attached hydrogens (tertiary/aromatic N) is 5. The highest BCUT2D eigenvalue weighted by Gasteiger charge is 2.19. The second-order valence-corrected chi connectivity index (χ2v) is 8.11. The lowest BCUT2D eigenvalue weighted by atomic mass is 10.3. The Balaban J connectivity index is 1.23. The van der Waals surface area contributed by atoms with Crippen molar-refractivity contribution in [1.82, 2.24) is 24.4 Å². The third-order valence-electron chi connectivity index (χ3n) is 4.97. The predicted molar refractivity (Wildman–Crippen MR) is 112 cm³/mol. The van der Waals surface area contributed by atoms with Crippen LogP contribution >= 0.6 is 11.3 Å². The van der Waals surface area contributed by atoms with E-state index in [1.54, 1.807) is 7.11 Å². The van der Waals surface area contributed by atoms with Crippen molar-refractivity contribution in [2.45, 2.75) is 13.5 Å². The summed E-state index contributed by atoms with van der Waals surface area (Å²) < 4.78 is 12.4. The van der Waals surface area contributed by atoms with Crippen LogP contribution in [0.5, 0.6) is 11.5 Å². The van der Waals surface area contributed by atoms with E-state index in [1.807, 2.05) is 31.2 Å². The first-order chi connectivity index (χ1) is 14.1. The molecule has 0 spiro atoms. The second kappa shape index (κ2) is 8.89. The van der Waals surface area contributed by atoms with Gasteiger partial charge in [0.1, 0.15) is 23.1 Å². The summed E-state index contributed by atoms with van der Waals surface area (Å²) in [4.78, 5) is 21.9. The number of rotatable bonds is 7. The normalized spacial score (nSPS) is 15.7. The second-order valence-electron chi connectivity index (χ2n) is 7.07. The molecule has 0 atom stereocenters. The molecule has 0 bridgehead atoms. The molecule has 29 heavy (non-hydrogen) atoms. The number of benzene rings is 1. The lowest BCUT2D eigenvalue weighted by Gasteiger charge is -2.34. The van der Waals surface area contributed by atoms with Gasteiger partial charge in [-0.1, -0.05) is 11.3 Å². The van der Waals surface area contributed by atoms with Crippen molar-refractivity contribution in [3.8, 4) is 11.5 Å². The van der Waals surface area contributed by atoms with Gasteiger partial charge in [0.05, 0.1) is 13.7 Å². The molecule has 8 nitrogen and oxygen atoms in total. The van der Waals surface area contributed by atoms with Gasteiger partial charge in [-0.15, -0.1) is 0 Å². The van der Waals surface area contributed by atoms with Gasteiger partial charge < -0.3 is 9.47 Å². The van der Waals surface area contributed by atoms with Gasteiger partial charge in [-0.25, -0.2) is 4.98 Å². The number of aromatic nitrogens is 3. The van der Waals surface area contributed by atoms with Gasteiger partial charge in [-0.3, -0.25) is 14.6 Å². The van der Waals surface area contributed by atoms with Crippen LogP contribution < -0.4 is 15.0 Å². The largest absolute Gasteiger partial charge is 0.497 e. The van der Waals surface area contributed by atoms with E-state index in [0.717, 1.165) is 61.5 Å². The number of fused-ring (bicyclic) bond motifs is 1. The minimum Gasteiger partial charge on any atom is -0.497 e. The average Bonchev–Trinajstić information content (AvgIpc) is 3.12. The summed E-state index contributed by atoms with van der Waals surface area (Å²) >= 11 is 1.49. The highest BCUT2D eigenvalue weighted by Crippen LogP contribution is 2.17. The van der Waals surface area contributed by atoms with Crippen LogP contribution in [0.1, 0.15) is 10.7 Å². The molecular weight excluding hydrogens is 390 g/mol. The number of hydrogen-bond acceptors (Lipinski definition) is 8. The van der Waals surface area contributed by atoms with Crippen LogP contribution in [0, 0.1) is 6.92 Å². The molecule has 3 aromatic rings. The van der Waals surface area contributed by atoms with E-state index in [4.69, 9.17) is 9.47 Å². The third-order valence-corrected chi connectivity index (χ3v) is 5.87. The topological polar surface area (TPSA) is 72.2 Å². The summed E-state index contributed by atoms with van der Waals surface area (Å²) in [6.07, 6.45) is 0. The quantitative estimate of drug-likeness (QED) is 0.581. The highest BCUT2D eigenvalue weighted by atomic mass is 32.1. The van der Waals surface area contributed by atoms with Crippen molar-refractivity contribution in [1.29, 1.82) is 0 Å². The predicted octanol–water partition coefficient (Wildman–Crippen LogP) is 1.66. The van der Waals surface area contributed by atoms with Gasteiger partial charge in [0.25, 0.3) is 5.56 Å². The van der Waals surface area contributed by atoms with Crippen LogP contribution in [-0.2, 0) is 6.54 Å². The zero-order chi connectivity index (χ0) is 20.2. The number of aryl methyl sites for hydroxylation is 1. The van der Waals surface area contributed by atoms with Crippen LogP contribution in [0.4, 0.5) is 0 Å². The van der Waals surface area contributed by atoms with Crippen LogP contribution in [0.3, 0.4) is 0 Å². The van der Waals surface area contributed by atoms with Gasteiger partial charge in [0.15, 0.2) is 0 Å². The van der Waals surface area contributed by atoms with Crippen molar-refractivity contribution in [3.63, 3.8) is 0 Å². The summed E-state index contributed by atoms with van der Waals surface area (Å²) in [6, 6.07) is 9.18. The first kappa shape index (κ1) is 19.8. The van der Waals surface area contributed by atoms with Crippen molar-refractivity contribution in [3.05, 3.63) is 51.4 Å². The first-order valence-corrected chi connectivity index (χ1v) is 10.5. The number of hydrogen-bond donors (Lipinski definition) is 0. The Morgan fingerprint density at radius 1 is 1.07 bits per heavy atom. The SMILES string of the molecule is COc1ccc(OCCN2CCN(Cc3nn4c(=O)cc(C)nc4s3)CC2)cc1. The van der Waals surface area contributed by atoms with E-state index in [9.17, 15) is 4.79 Å². The monoisotopic (exact) mass is 415 g/mol. The van der Waals surface area contributed by atoms with Gasteiger partial charge in [0, 0.05) is 44.5 Å². The zero-order valence-electron chi connectivity index (χ0n) is 16.7. The Labute approximate surface area is 173 Å². The Hall–Kier alpha value is -2.49. The highest BCUT2D eigenvalue weighted by molar-refractivity contribution is 7.16. The Morgan fingerprint density at radius 2 is 1.76 bits per heavy atom. The number of methoxy groups -OCH3 is 1. The van der Waals surface area contributed by atoms with E-state index in [0.29, 0.717) is 11.6 Å². The van der Waals surface area contributed by atoms with Crippen molar-refractivity contribution >= 4 is 16.3 Å². The molecule has 1 aliphatic rings. The maximum Gasteiger partial charge on any atom is 0.275 e. The minimum atomic E-state index is -0.114. The Bertz CT molecular complexity index is 1010. The molecule has 0 N–H and O–H groups in total. The molecule has 2 aromatic heterocycles. The van der Waals surface area contributed by atoms with Gasteiger partial charge >= 0.3 is 0 Å². The summed E-state index contributed by atoms with van der Waals surface area (Å²) in [5.41, 5.74) is 0.618. The average molecular weight is 416 g/mol. The van der Waals surface area contributed by atoms with Gasteiger partial charge in [-0.05, 0) is 31.2 Å². The van der Waals surface area contributed by atoms with Crippen molar-refractivity contribution < 1.29 is 9.47 Å². The van der Waals surface area contributed by atoms with E-state index >= 15 is 0 Å². The first-order valence-electron chi connectivity index (χ1n) is 9.69. The molecule has 0 unspecified atom stereocenters. The summed E-state index contributed by atoms with van der Waals surface area (Å²) in [5.74, 6) is 1.69. The van der Waals surface area contributed by atoms with Gasteiger partial charge in [0.2, 0.25) is 4.96 Å². The molecule has 4 rings (SSSR count). The van der Waals surface area contributed by atoms with E-state index in [-0.39, 0.29) is 5.56 Å². The molecule has 154 valence electrons. The third kappa shape index (κ3) is 4.92. The van der Waals surface area contributed by atoms with E-state index < -0.39 is 0 Å². The standard InChI is InChI=1S/C20H25N5O3S/c1-15-13-19(26)25-20(21-15)29-18(22-25)14-24-9-7-23(8-10-24)11-12-28-17-5-3-16(27-2)4-6-17/h3-6,13H,7-12,14H2,1-2H3. The van der Waals surface area contributed by atoms with Crippen LogP contribution in [0.25, 0.3) is 4.96 Å². The van der Waals surface area contributed by atoms with Crippen molar-refractivity contribution in [2.75, 3.05) is 46.4 Å². The zero-order valence-corrected chi connectivity index (χ0v) is 17.5. The fourth-order valence-corrected chi connectivity index (χ4v) is 4.34. The molecule has 0 radical (unpaired) electrons. The number of ether oxygens (including phenoxy) is 2. The molecule has 1 fully saturated rings. The summed E-state index contributed by atoms with van der Waals surface area (Å²) in [6.45, 7) is 8.08. The summed E-state index contributed by atoms with van der Waals surface area (Å²) in [7, 11) is 1.66. The maximum atomic E-state index is 12.0. The van der Waals surface area contributed by atoms with Crippen LogP contribution in [0.15, 0.2) is 35.1 Å². The molecule has 0 aliphatic carbocycles. The Morgan fingerprint density at radius 3 is 2.48 bits per heavy atom. The molecule has 0 amide bonds. The lowest BCUT2D eigenvalue weighted by molar-refractivity contribution is 0.112. The minimum absolute atomic E-state index is 0.114. The lowest BCUT2D eigenvalue weighted by Crippen LogP contribution is -2.47. The fourth-order valence-electron chi connectivity index (χ4n) is 3.35. The molecule has 9 heteroatoms. The molecule has 0 saturated carbocycles. The number of piperazine rings is 1. The molecule has 1 aromatic carbocycles. The van der Waals surface area contributed by atoms with E-state index in [2.05, 4.69) is 19.9 Å². The molecule has 3 heterocycles. The Kier molecular flexibility index (Phi) is 6.08. The van der Waals surface area contributed by atoms with Crippen LogP contribution in [-0.4, -0.2) is 70.8 Å². The molecule has 1 saturated heterocycles. The molecular formula is C20H25N5O3S.